The molecule has 1 rings (SSSR count). The van der Waals surface area contributed by atoms with Crippen LogP contribution >= 0.6 is 0 Å². The molecule has 0 bridgehead atoms. The molecule has 1 N–H and O–H groups in total. The van der Waals surface area contributed by atoms with E-state index >= 15 is 0 Å². The molecule has 2 heteroatoms. The van der Waals surface area contributed by atoms with Gasteiger partial charge < -0.3 is 5.11 Å². The fraction of sp³-hybridized carbons (Fsp3) is 0.909. The highest BCUT2D eigenvalue weighted by Gasteiger charge is 2.31. The van der Waals surface area contributed by atoms with Gasteiger partial charge in [-0.15, -0.1) is 0 Å². The summed E-state index contributed by atoms with van der Waals surface area (Å²) in [5.41, 5.74) is -0.305. The molecule has 1 atom stereocenters. The highest BCUT2D eigenvalue weighted by molar-refractivity contribution is 5.83. The fourth-order valence-corrected chi connectivity index (χ4v) is 1.58. The number of carbonyl (C=O) groups is 1. The molecule has 0 radical (unpaired) electrons. The van der Waals surface area contributed by atoms with E-state index in [4.69, 9.17) is 0 Å². The minimum absolute atomic E-state index is 0.0252. The zero-order valence-corrected chi connectivity index (χ0v) is 8.84. The van der Waals surface area contributed by atoms with Crippen LogP contribution in [0.2, 0.25) is 0 Å². The van der Waals surface area contributed by atoms with E-state index in [1.807, 2.05) is 20.8 Å². The zero-order valence-electron chi connectivity index (χ0n) is 8.84. The van der Waals surface area contributed by atoms with Gasteiger partial charge in [-0.1, -0.05) is 40.0 Å². The van der Waals surface area contributed by atoms with Crippen LogP contribution in [-0.2, 0) is 4.79 Å². The first kappa shape index (κ1) is 10.7. The lowest BCUT2D eigenvalue weighted by atomic mass is 9.78. The van der Waals surface area contributed by atoms with Gasteiger partial charge in [0.15, 0.2) is 5.78 Å². The molecule has 1 unspecified atom stereocenters. The first-order valence-electron chi connectivity index (χ1n) is 5.12. The summed E-state index contributed by atoms with van der Waals surface area (Å²) in [5, 5.41) is 9.67. The van der Waals surface area contributed by atoms with E-state index in [0.717, 1.165) is 0 Å². The van der Waals surface area contributed by atoms with Crippen molar-refractivity contribution in [1.29, 1.82) is 0 Å². The Morgan fingerprint density at radius 3 is 2.31 bits per heavy atom. The van der Waals surface area contributed by atoms with Gasteiger partial charge in [0.2, 0.25) is 0 Å². The highest BCUT2D eigenvalue weighted by Crippen LogP contribution is 2.31. The summed E-state index contributed by atoms with van der Waals surface area (Å²) in [6.07, 6.45) is 3.39. The maximum absolute atomic E-state index is 11.5. The summed E-state index contributed by atoms with van der Waals surface area (Å²) in [6, 6.07) is 0. The van der Waals surface area contributed by atoms with E-state index in [1.165, 1.54) is 19.3 Å². The van der Waals surface area contributed by atoms with Gasteiger partial charge in [-0.3, -0.25) is 4.79 Å². The summed E-state index contributed by atoms with van der Waals surface area (Å²) < 4.78 is 0. The van der Waals surface area contributed by atoms with Crippen LogP contribution in [0.3, 0.4) is 0 Å². The fourth-order valence-electron chi connectivity index (χ4n) is 1.58. The van der Waals surface area contributed by atoms with Crippen molar-refractivity contribution in [2.75, 3.05) is 0 Å². The van der Waals surface area contributed by atoms with Crippen LogP contribution in [0, 0.1) is 11.3 Å². The van der Waals surface area contributed by atoms with Crippen molar-refractivity contribution in [2.45, 2.75) is 52.6 Å². The van der Waals surface area contributed by atoms with Gasteiger partial charge in [0.25, 0.3) is 0 Å². The normalized spacial score (nSPS) is 20.9. The third-order valence-electron chi connectivity index (χ3n) is 2.84. The zero-order chi connectivity index (χ0) is 10.1. The number of ketones is 1. The van der Waals surface area contributed by atoms with E-state index in [-0.39, 0.29) is 11.2 Å². The van der Waals surface area contributed by atoms with Crippen LogP contribution < -0.4 is 0 Å². The Kier molecular flexibility index (Phi) is 3.12. The Morgan fingerprint density at radius 1 is 1.46 bits per heavy atom. The third kappa shape index (κ3) is 2.80. The Labute approximate surface area is 80.3 Å². The van der Waals surface area contributed by atoms with E-state index < -0.39 is 6.10 Å². The summed E-state index contributed by atoms with van der Waals surface area (Å²) in [5.74, 6) is 0.585. The first-order valence-corrected chi connectivity index (χ1v) is 5.12. The third-order valence-corrected chi connectivity index (χ3v) is 2.84. The Hall–Kier alpha value is -0.370. The largest absolute Gasteiger partial charge is 0.385 e. The summed E-state index contributed by atoms with van der Waals surface area (Å²) >= 11 is 0. The van der Waals surface area contributed by atoms with Gasteiger partial charge in [-0.2, -0.15) is 0 Å². The number of carbonyl (C=O) groups excluding carboxylic acids is 1. The van der Waals surface area contributed by atoms with E-state index in [9.17, 15) is 9.90 Å². The van der Waals surface area contributed by atoms with Gasteiger partial charge in [0, 0.05) is 6.42 Å². The summed E-state index contributed by atoms with van der Waals surface area (Å²) in [4.78, 5) is 11.5. The molecular weight excluding hydrogens is 164 g/mol. The van der Waals surface area contributed by atoms with E-state index in [2.05, 4.69) is 0 Å². The van der Waals surface area contributed by atoms with Crippen molar-refractivity contribution >= 4 is 5.78 Å². The van der Waals surface area contributed by atoms with Crippen LogP contribution in [0.1, 0.15) is 46.5 Å². The van der Waals surface area contributed by atoms with Crippen molar-refractivity contribution in [3.63, 3.8) is 0 Å². The number of rotatable bonds is 3. The SMILES string of the molecule is CC(C)(C)C(O)C(=O)CC1CCC1. The van der Waals surface area contributed by atoms with Crippen LogP contribution in [0.25, 0.3) is 0 Å². The number of Topliss-reactive ketones (excluding diaryl/α,β-unsaturated/α-hetero) is 1. The monoisotopic (exact) mass is 184 g/mol. The number of hydrogen-bond acceptors (Lipinski definition) is 2. The second-order valence-electron chi connectivity index (χ2n) is 5.24. The van der Waals surface area contributed by atoms with Crippen molar-refractivity contribution in [3.8, 4) is 0 Å². The molecule has 0 amide bonds. The van der Waals surface area contributed by atoms with Gasteiger partial charge in [-0.05, 0) is 11.3 Å². The van der Waals surface area contributed by atoms with Crippen LogP contribution in [0.5, 0.6) is 0 Å². The predicted octanol–water partition coefficient (Wildman–Crippen LogP) is 2.15. The average Bonchev–Trinajstić information content (AvgIpc) is 1.93. The standard InChI is InChI=1S/C11H20O2/c1-11(2,3)10(13)9(12)7-8-5-4-6-8/h8,10,13H,4-7H2,1-3H3. The van der Waals surface area contributed by atoms with E-state index in [0.29, 0.717) is 12.3 Å². The number of aliphatic hydroxyl groups excluding tert-OH is 1. The van der Waals surface area contributed by atoms with E-state index in [1.54, 1.807) is 0 Å². The lowest BCUT2D eigenvalue weighted by molar-refractivity contribution is -0.133. The first-order chi connectivity index (χ1) is 5.91. The second kappa shape index (κ2) is 3.79. The maximum atomic E-state index is 11.5. The topological polar surface area (TPSA) is 37.3 Å². The molecule has 1 aliphatic carbocycles. The Balaban J connectivity index is 2.37. The highest BCUT2D eigenvalue weighted by atomic mass is 16.3. The van der Waals surface area contributed by atoms with Gasteiger partial charge in [0.05, 0.1) is 0 Å². The smallest absolute Gasteiger partial charge is 0.162 e. The predicted molar refractivity (Wildman–Crippen MR) is 52.4 cm³/mol. The van der Waals surface area contributed by atoms with Crippen molar-refractivity contribution in [1.82, 2.24) is 0 Å². The quantitative estimate of drug-likeness (QED) is 0.729. The molecule has 76 valence electrons. The van der Waals surface area contributed by atoms with Crippen LogP contribution in [-0.4, -0.2) is 17.0 Å². The Bertz CT molecular complexity index is 187. The molecule has 0 spiro atoms. The lowest BCUT2D eigenvalue weighted by Crippen LogP contribution is -2.35. The second-order valence-corrected chi connectivity index (χ2v) is 5.24. The molecule has 0 aromatic carbocycles. The summed E-state index contributed by atoms with van der Waals surface area (Å²) in [6.45, 7) is 5.70. The minimum atomic E-state index is -0.784. The molecule has 2 nitrogen and oxygen atoms in total. The minimum Gasteiger partial charge on any atom is -0.385 e. The molecule has 1 fully saturated rings. The van der Waals surface area contributed by atoms with Gasteiger partial charge >= 0.3 is 0 Å². The maximum Gasteiger partial charge on any atom is 0.162 e. The molecule has 0 heterocycles. The average molecular weight is 184 g/mol. The van der Waals surface area contributed by atoms with Gasteiger partial charge in [-0.25, -0.2) is 0 Å². The van der Waals surface area contributed by atoms with Crippen molar-refractivity contribution in [3.05, 3.63) is 0 Å². The van der Waals surface area contributed by atoms with Crippen LogP contribution in [0.4, 0.5) is 0 Å². The van der Waals surface area contributed by atoms with Crippen LogP contribution in [0.15, 0.2) is 0 Å². The molecule has 13 heavy (non-hydrogen) atoms. The molecule has 1 aliphatic rings. The Morgan fingerprint density at radius 2 is 2.00 bits per heavy atom. The molecule has 1 saturated carbocycles. The number of hydrogen-bond donors (Lipinski definition) is 1. The molecular formula is C11H20O2. The lowest BCUT2D eigenvalue weighted by Gasteiger charge is -2.29. The molecule has 0 aliphatic heterocycles. The van der Waals surface area contributed by atoms with Crippen molar-refractivity contribution < 1.29 is 9.90 Å². The molecule has 0 saturated heterocycles. The van der Waals surface area contributed by atoms with Crippen molar-refractivity contribution in [2.24, 2.45) is 11.3 Å². The summed E-state index contributed by atoms with van der Waals surface area (Å²) in [7, 11) is 0. The van der Waals surface area contributed by atoms with Gasteiger partial charge in [0.1, 0.15) is 6.10 Å². The molecule has 0 aromatic heterocycles. The molecule has 0 aromatic rings. The number of aliphatic hydroxyl groups is 1.